The van der Waals surface area contributed by atoms with E-state index in [1.54, 1.807) is 24.3 Å². The fraction of sp³-hybridized carbons (Fsp3) is 0.111. The molecule has 1 aliphatic rings. The summed E-state index contributed by atoms with van der Waals surface area (Å²) in [5, 5.41) is 7.17. The molecule has 0 saturated heterocycles. The maximum atomic E-state index is 13.2. The Bertz CT molecular complexity index is 973. The van der Waals surface area contributed by atoms with Crippen molar-refractivity contribution in [1.82, 2.24) is 14.8 Å². The van der Waals surface area contributed by atoms with Crippen LogP contribution in [-0.2, 0) is 6.18 Å². The van der Waals surface area contributed by atoms with E-state index in [0.29, 0.717) is 22.8 Å². The van der Waals surface area contributed by atoms with E-state index in [1.165, 1.54) is 29.2 Å². The number of benzene rings is 2. The molecule has 132 valence electrons. The number of hydrogen-bond acceptors (Lipinski definition) is 3. The van der Waals surface area contributed by atoms with Crippen LogP contribution in [-0.4, -0.2) is 14.8 Å². The van der Waals surface area contributed by atoms with Crippen LogP contribution in [0.5, 0.6) is 0 Å². The van der Waals surface area contributed by atoms with E-state index in [9.17, 15) is 17.6 Å². The number of nitrogens with one attached hydrogen (secondary N) is 1. The maximum Gasteiger partial charge on any atom is 0.416 e. The Morgan fingerprint density at radius 3 is 2.54 bits per heavy atom. The van der Waals surface area contributed by atoms with Gasteiger partial charge in [-0.25, -0.2) is 9.07 Å². The second-order valence-electron chi connectivity index (χ2n) is 5.81. The van der Waals surface area contributed by atoms with E-state index in [2.05, 4.69) is 15.4 Å². The Kier molecular flexibility index (Phi) is 3.75. The highest BCUT2D eigenvalue weighted by atomic mass is 19.4. The number of anilines is 1. The zero-order valence-electron chi connectivity index (χ0n) is 13.2. The maximum absolute atomic E-state index is 13.2. The minimum atomic E-state index is -4.43. The molecule has 1 atom stereocenters. The lowest BCUT2D eigenvalue weighted by Gasteiger charge is -2.25. The fourth-order valence-electron chi connectivity index (χ4n) is 2.87. The molecule has 3 aromatic rings. The summed E-state index contributed by atoms with van der Waals surface area (Å²) < 4.78 is 53.8. The minimum Gasteiger partial charge on any atom is -0.324 e. The van der Waals surface area contributed by atoms with Gasteiger partial charge in [0.2, 0.25) is 5.95 Å². The zero-order valence-corrected chi connectivity index (χ0v) is 13.2. The smallest absolute Gasteiger partial charge is 0.324 e. The molecule has 1 aromatic heterocycles. The second kappa shape index (κ2) is 5.98. The van der Waals surface area contributed by atoms with Gasteiger partial charge in [-0.1, -0.05) is 12.1 Å². The van der Waals surface area contributed by atoms with Crippen LogP contribution in [0.25, 0.3) is 5.70 Å². The van der Waals surface area contributed by atoms with Gasteiger partial charge < -0.3 is 5.32 Å². The molecule has 4 rings (SSSR count). The molecule has 0 amide bonds. The first kappa shape index (κ1) is 16.3. The summed E-state index contributed by atoms with van der Waals surface area (Å²) in [5.41, 5.74) is 1.00. The number of nitrogens with zero attached hydrogens (tertiary/aromatic N) is 3. The molecule has 2 aromatic carbocycles. The van der Waals surface area contributed by atoms with Crippen LogP contribution in [0.2, 0.25) is 0 Å². The molecule has 0 saturated carbocycles. The van der Waals surface area contributed by atoms with Crippen LogP contribution in [0.3, 0.4) is 0 Å². The molecule has 4 nitrogen and oxygen atoms in total. The Morgan fingerprint density at radius 1 is 1.04 bits per heavy atom. The van der Waals surface area contributed by atoms with Crippen molar-refractivity contribution in [2.45, 2.75) is 12.2 Å². The Morgan fingerprint density at radius 2 is 1.81 bits per heavy atom. The lowest BCUT2D eigenvalue weighted by Crippen LogP contribution is -2.20. The predicted octanol–water partition coefficient (Wildman–Crippen LogP) is 4.49. The van der Waals surface area contributed by atoms with E-state index in [1.807, 2.05) is 0 Å². The summed E-state index contributed by atoms with van der Waals surface area (Å²) in [4.78, 5) is 4.10. The zero-order chi connectivity index (χ0) is 18.3. The average Bonchev–Trinajstić information content (AvgIpc) is 3.09. The lowest BCUT2D eigenvalue weighted by molar-refractivity contribution is -0.137. The fourth-order valence-corrected chi connectivity index (χ4v) is 2.87. The minimum absolute atomic E-state index is 0.372. The van der Waals surface area contributed by atoms with Gasteiger partial charge in [-0.3, -0.25) is 0 Å². The second-order valence-corrected chi connectivity index (χ2v) is 5.81. The van der Waals surface area contributed by atoms with E-state index in [4.69, 9.17) is 0 Å². The first-order valence-electron chi connectivity index (χ1n) is 7.73. The number of rotatable bonds is 2. The molecule has 0 bridgehead atoms. The third-order valence-corrected chi connectivity index (χ3v) is 4.12. The quantitative estimate of drug-likeness (QED) is 0.685. The van der Waals surface area contributed by atoms with Crippen molar-refractivity contribution >= 4 is 11.6 Å². The summed E-state index contributed by atoms with van der Waals surface area (Å²) in [6.45, 7) is 0. The topological polar surface area (TPSA) is 42.7 Å². The number of fused-ring (bicyclic) bond motifs is 1. The Labute approximate surface area is 145 Å². The molecule has 26 heavy (non-hydrogen) atoms. The van der Waals surface area contributed by atoms with Gasteiger partial charge in [-0.05, 0) is 53.6 Å². The molecule has 2 heterocycles. The molecule has 8 heteroatoms. The first-order chi connectivity index (χ1) is 12.4. The molecule has 1 N–H and O–H groups in total. The molecular weight excluding hydrogens is 348 g/mol. The monoisotopic (exact) mass is 360 g/mol. The highest BCUT2D eigenvalue weighted by molar-refractivity contribution is 5.77. The first-order valence-corrected chi connectivity index (χ1v) is 7.73. The molecule has 0 spiro atoms. The Hall–Kier alpha value is -3.16. The molecule has 1 aliphatic heterocycles. The van der Waals surface area contributed by atoms with Gasteiger partial charge in [0.15, 0.2) is 0 Å². The average molecular weight is 360 g/mol. The van der Waals surface area contributed by atoms with Crippen molar-refractivity contribution in [3.8, 4) is 0 Å². The van der Waals surface area contributed by atoms with Gasteiger partial charge in [0.1, 0.15) is 18.2 Å². The van der Waals surface area contributed by atoms with Crippen molar-refractivity contribution in [3.05, 3.63) is 83.4 Å². The number of alkyl halides is 3. The highest BCUT2D eigenvalue weighted by Crippen LogP contribution is 2.35. The van der Waals surface area contributed by atoms with Crippen molar-refractivity contribution in [3.63, 3.8) is 0 Å². The van der Waals surface area contributed by atoms with E-state index in [-0.39, 0.29) is 5.82 Å². The predicted molar refractivity (Wildman–Crippen MR) is 87.6 cm³/mol. The van der Waals surface area contributed by atoms with Gasteiger partial charge in [0, 0.05) is 5.70 Å². The number of halogens is 4. The van der Waals surface area contributed by atoms with Gasteiger partial charge in [0.25, 0.3) is 0 Å². The van der Waals surface area contributed by atoms with Gasteiger partial charge in [-0.15, -0.1) is 0 Å². The third kappa shape index (κ3) is 2.94. The van der Waals surface area contributed by atoms with Crippen molar-refractivity contribution in [2.75, 3.05) is 5.32 Å². The van der Waals surface area contributed by atoms with Crippen molar-refractivity contribution in [1.29, 1.82) is 0 Å². The van der Waals surface area contributed by atoms with E-state index >= 15 is 0 Å². The van der Waals surface area contributed by atoms with Crippen LogP contribution in [0.1, 0.15) is 22.7 Å². The van der Waals surface area contributed by atoms with Gasteiger partial charge in [0.05, 0.1) is 5.56 Å². The van der Waals surface area contributed by atoms with Crippen LogP contribution in [0, 0.1) is 5.82 Å². The van der Waals surface area contributed by atoms with Crippen LogP contribution >= 0.6 is 0 Å². The summed E-state index contributed by atoms with van der Waals surface area (Å²) in [7, 11) is 0. The van der Waals surface area contributed by atoms with Gasteiger partial charge >= 0.3 is 6.18 Å². The van der Waals surface area contributed by atoms with Crippen LogP contribution in [0.15, 0.2) is 60.9 Å². The van der Waals surface area contributed by atoms with Crippen LogP contribution < -0.4 is 5.32 Å². The standard InChI is InChI=1S/C18H12F4N4/c19-14-6-4-11(5-7-14)15-9-16(26-17(25-15)23-10-24-26)12-2-1-3-13(8-12)18(20,21)22/h1-10,16H,(H,23,24,25)/t16-/m1/s1. The largest absolute Gasteiger partial charge is 0.416 e. The van der Waals surface area contributed by atoms with Crippen molar-refractivity contribution < 1.29 is 17.6 Å². The van der Waals surface area contributed by atoms with Crippen LogP contribution in [0.4, 0.5) is 23.5 Å². The Balaban J connectivity index is 1.80. The SMILES string of the molecule is Fc1ccc(C2=C[C@H](c3cccc(C(F)(F)F)c3)n3ncnc3N2)cc1. The molecule has 0 fully saturated rings. The summed E-state index contributed by atoms with van der Waals surface area (Å²) in [6.07, 6.45) is -1.37. The molecule has 0 radical (unpaired) electrons. The normalized spacial score (nSPS) is 16.6. The third-order valence-electron chi connectivity index (χ3n) is 4.12. The van der Waals surface area contributed by atoms with Gasteiger partial charge in [-0.2, -0.15) is 23.3 Å². The summed E-state index contributed by atoms with van der Waals surface area (Å²) >= 11 is 0. The molecular formula is C18H12F4N4. The van der Waals surface area contributed by atoms with E-state index < -0.39 is 17.8 Å². The molecule has 0 unspecified atom stereocenters. The molecule has 0 aliphatic carbocycles. The number of allylic oxidation sites excluding steroid dienone is 1. The van der Waals surface area contributed by atoms with E-state index in [0.717, 1.165) is 12.1 Å². The number of hydrogen-bond donors (Lipinski definition) is 1. The lowest BCUT2D eigenvalue weighted by atomic mass is 10.00. The summed E-state index contributed by atoms with van der Waals surface area (Å²) in [6, 6.07) is 10.3. The van der Waals surface area contributed by atoms with Crippen molar-refractivity contribution in [2.24, 2.45) is 0 Å². The summed E-state index contributed by atoms with van der Waals surface area (Å²) in [5.74, 6) is 0.0250. The highest BCUT2D eigenvalue weighted by Gasteiger charge is 2.32. The number of aromatic nitrogens is 3.